The van der Waals surface area contributed by atoms with Crippen molar-refractivity contribution >= 4 is 0 Å². The number of rotatable bonds is 3. The summed E-state index contributed by atoms with van der Waals surface area (Å²) < 4.78 is 12.1. The fraction of sp³-hybridized carbons (Fsp3) is 0.571. The van der Waals surface area contributed by atoms with Gasteiger partial charge < -0.3 is 0 Å². The number of aryl methyl sites for hydroxylation is 2. The molecule has 0 bridgehead atoms. The lowest BCUT2D eigenvalue weighted by Gasteiger charge is -2.22. The summed E-state index contributed by atoms with van der Waals surface area (Å²) in [4.78, 5) is 0. The van der Waals surface area contributed by atoms with E-state index in [-0.39, 0.29) is 12.1 Å². The van der Waals surface area contributed by atoms with Crippen LogP contribution in [0.4, 0.5) is 4.39 Å². The van der Waals surface area contributed by atoms with E-state index in [2.05, 4.69) is 45.9 Å². The summed E-state index contributed by atoms with van der Waals surface area (Å²) >= 11 is 0. The molecule has 0 N–H and O–H groups in total. The number of hydrogen-bond donors (Lipinski definition) is 0. The zero-order valence-electron chi connectivity index (χ0n) is 10.2. The van der Waals surface area contributed by atoms with Gasteiger partial charge in [-0.2, -0.15) is 0 Å². The van der Waals surface area contributed by atoms with E-state index >= 15 is 0 Å². The fourth-order valence-electron chi connectivity index (χ4n) is 1.90. The van der Waals surface area contributed by atoms with Crippen molar-refractivity contribution in [2.24, 2.45) is 0 Å². The van der Waals surface area contributed by atoms with Crippen LogP contribution >= 0.6 is 0 Å². The summed E-state index contributed by atoms with van der Waals surface area (Å²) in [6, 6.07) is 6.49. The van der Waals surface area contributed by atoms with Gasteiger partial charge in [0.15, 0.2) is 0 Å². The average molecular weight is 208 g/mol. The van der Waals surface area contributed by atoms with Crippen molar-refractivity contribution in [3.63, 3.8) is 0 Å². The zero-order chi connectivity index (χ0) is 11.5. The largest absolute Gasteiger partial charge is 0.251 e. The second-order valence-electron chi connectivity index (χ2n) is 5.19. The minimum Gasteiger partial charge on any atom is -0.251 e. The Labute approximate surface area is 92.5 Å². The number of hydrogen-bond acceptors (Lipinski definition) is 0. The molecule has 0 aliphatic heterocycles. The van der Waals surface area contributed by atoms with Gasteiger partial charge in [-0.05, 0) is 41.9 Å². The van der Waals surface area contributed by atoms with Crippen LogP contribution in [-0.2, 0) is 11.8 Å². The Morgan fingerprint density at radius 3 is 2.40 bits per heavy atom. The van der Waals surface area contributed by atoms with Crippen LogP contribution in [-0.4, -0.2) is 6.67 Å². The van der Waals surface area contributed by atoms with Crippen molar-refractivity contribution < 1.29 is 4.39 Å². The zero-order valence-corrected chi connectivity index (χ0v) is 10.2. The molecule has 1 heteroatoms. The molecule has 0 spiro atoms. The third-order valence-corrected chi connectivity index (χ3v) is 2.71. The van der Waals surface area contributed by atoms with Crippen LogP contribution in [0.3, 0.4) is 0 Å². The van der Waals surface area contributed by atoms with E-state index in [1.807, 2.05) is 0 Å². The van der Waals surface area contributed by atoms with Crippen molar-refractivity contribution in [1.29, 1.82) is 0 Å². The van der Waals surface area contributed by atoms with Crippen molar-refractivity contribution in [2.45, 2.75) is 46.0 Å². The van der Waals surface area contributed by atoms with Gasteiger partial charge >= 0.3 is 0 Å². The third-order valence-electron chi connectivity index (χ3n) is 2.71. The summed E-state index contributed by atoms with van der Waals surface area (Å²) in [6.45, 7) is 8.56. The highest BCUT2D eigenvalue weighted by Crippen LogP contribution is 2.26. The fourth-order valence-corrected chi connectivity index (χ4v) is 1.90. The van der Waals surface area contributed by atoms with Crippen molar-refractivity contribution in [3.8, 4) is 0 Å². The van der Waals surface area contributed by atoms with Crippen LogP contribution in [0.1, 0.15) is 43.9 Å². The van der Waals surface area contributed by atoms with Crippen molar-refractivity contribution in [2.75, 3.05) is 6.67 Å². The highest BCUT2D eigenvalue weighted by Gasteiger charge is 2.16. The highest BCUT2D eigenvalue weighted by molar-refractivity contribution is 5.35. The molecule has 1 rings (SSSR count). The first-order chi connectivity index (χ1) is 6.95. The molecule has 1 aromatic carbocycles. The average Bonchev–Trinajstić information content (AvgIpc) is 2.15. The lowest BCUT2D eigenvalue weighted by Crippen LogP contribution is -2.13. The molecule has 84 valence electrons. The second-order valence-corrected chi connectivity index (χ2v) is 5.19. The minimum absolute atomic E-state index is 0.176. The Morgan fingerprint density at radius 1 is 1.20 bits per heavy atom. The van der Waals surface area contributed by atoms with Crippen LogP contribution in [0.5, 0.6) is 0 Å². The van der Waals surface area contributed by atoms with E-state index in [4.69, 9.17) is 0 Å². The number of benzene rings is 1. The molecule has 0 unspecified atom stereocenters. The first-order valence-corrected chi connectivity index (χ1v) is 5.61. The van der Waals surface area contributed by atoms with Crippen molar-refractivity contribution in [3.05, 3.63) is 34.9 Å². The lowest BCUT2D eigenvalue weighted by atomic mass is 9.83. The molecule has 0 aliphatic rings. The predicted octanol–water partition coefficient (Wildman–Crippen LogP) is 4.19. The minimum atomic E-state index is -0.223. The SMILES string of the molecule is Cc1ccc(CCCF)cc1C(C)(C)C. The van der Waals surface area contributed by atoms with E-state index in [1.54, 1.807) is 0 Å². The summed E-state index contributed by atoms with van der Waals surface area (Å²) in [7, 11) is 0. The monoisotopic (exact) mass is 208 g/mol. The Morgan fingerprint density at radius 2 is 1.87 bits per heavy atom. The van der Waals surface area contributed by atoms with Gasteiger partial charge in [0.2, 0.25) is 0 Å². The summed E-state index contributed by atoms with van der Waals surface area (Å²) in [6.07, 6.45) is 1.48. The normalized spacial score (nSPS) is 11.8. The molecule has 15 heavy (non-hydrogen) atoms. The van der Waals surface area contributed by atoms with Crippen LogP contribution in [0, 0.1) is 6.92 Å². The predicted molar refractivity (Wildman–Crippen MR) is 64.2 cm³/mol. The molecule has 0 nitrogen and oxygen atoms in total. The molecule has 1 aromatic rings. The number of halogens is 1. The quantitative estimate of drug-likeness (QED) is 0.698. The lowest BCUT2D eigenvalue weighted by molar-refractivity contribution is 0.472. The molecule has 0 saturated carbocycles. The van der Waals surface area contributed by atoms with Gasteiger partial charge in [-0.3, -0.25) is 4.39 Å². The van der Waals surface area contributed by atoms with Gasteiger partial charge in [0, 0.05) is 0 Å². The van der Waals surface area contributed by atoms with Gasteiger partial charge in [0.05, 0.1) is 6.67 Å². The molecule has 0 atom stereocenters. The van der Waals surface area contributed by atoms with Gasteiger partial charge in [-0.1, -0.05) is 39.0 Å². The topological polar surface area (TPSA) is 0 Å². The maximum atomic E-state index is 12.1. The first-order valence-electron chi connectivity index (χ1n) is 5.61. The maximum Gasteiger partial charge on any atom is 0.0897 e. The molecular weight excluding hydrogens is 187 g/mol. The maximum absolute atomic E-state index is 12.1. The standard InChI is InChI=1S/C14H21F/c1-11-7-8-12(6-5-9-15)10-13(11)14(2,3)4/h7-8,10H,5-6,9H2,1-4H3. The molecule has 0 heterocycles. The number of alkyl halides is 1. The Hall–Kier alpha value is -0.850. The second kappa shape index (κ2) is 4.78. The van der Waals surface area contributed by atoms with E-state index in [1.165, 1.54) is 16.7 Å². The summed E-state index contributed by atoms with van der Waals surface area (Å²) in [5.41, 5.74) is 4.13. The van der Waals surface area contributed by atoms with Crippen LogP contribution < -0.4 is 0 Å². The summed E-state index contributed by atoms with van der Waals surface area (Å²) in [5.74, 6) is 0. The van der Waals surface area contributed by atoms with E-state index in [9.17, 15) is 4.39 Å². The van der Waals surface area contributed by atoms with E-state index in [0.717, 1.165) is 6.42 Å². The van der Waals surface area contributed by atoms with Gasteiger partial charge in [0.1, 0.15) is 0 Å². The van der Waals surface area contributed by atoms with Gasteiger partial charge in [-0.25, -0.2) is 0 Å². The van der Waals surface area contributed by atoms with E-state index in [0.29, 0.717) is 6.42 Å². The smallest absolute Gasteiger partial charge is 0.0897 e. The molecule has 0 fully saturated rings. The van der Waals surface area contributed by atoms with Crippen LogP contribution in [0.15, 0.2) is 18.2 Å². The first kappa shape index (κ1) is 12.2. The molecule has 0 amide bonds. The van der Waals surface area contributed by atoms with E-state index < -0.39 is 0 Å². The Balaban J connectivity index is 2.95. The van der Waals surface area contributed by atoms with Gasteiger partial charge in [0.25, 0.3) is 0 Å². The Bertz CT molecular complexity index is 321. The van der Waals surface area contributed by atoms with Crippen LogP contribution in [0.25, 0.3) is 0 Å². The molecule has 0 radical (unpaired) electrons. The van der Waals surface area contributed by atoms with Crippen LogP contribution in [0.2, 0.25) is 0 Å². The summed E-state index contributed by atoms with van der Waals surface area (Å²) in [5, 5.41) is 0. The highest BCUT2D eigenvalue weighted by atomic mass is 19.1. The molecule has 0 aromatic heterocycles. The molecular formula is C14H21F. The Kier molecular flexibility index (Phi) is 3.90. The van der Waals surface area contributed by atoms with Gasteiger partial charge in [-0.15, -0.1) is 0 Å². The van der Waals surface area contributed by atoms with Crippen molar-refractivity contribution in [1.82, 2.24) is 0 Å². The molecule has 0 saturated heterocycles. The molecule has 0 aliphatic carbocycles. The third kappa shape index (κ3) is 3.33.